The molecule has 0 aliphatic carbocycles. The summed E-state index contributed by atoms with van der Waals surface area (Å²) in [5, 5.41) is 6.92. The van der Waals surface area contributed by atoms with Crippen LogP contribution in [0, 0.1) is 19.8 Å². The molecule has 1 aromatic rings. The first-order chi connectivity index (χ1) is 8.00. The number of rotatable bonds is 1. The van der Waals surface area contributed by atoms with E-state index in [2.05, 4.69) is 17.1 Å². The van der Waals surface area contributed by atoms with Crippen LogP contribution >= 0.6 is 0 Å². The topological polar surface area (TPSA) is 75.0 Å². The minimum absolute atomic E-state index is 0.0764. The zero-order valence-electron chi connectivity index (χ0n) is 10.7. The van der Waals surface area contributed by atoms with Crippen molar-refractivity contribution < 1.29 is 4.79 Å². The first kappa shape index (κ1) is 12.1. The smallest absolute Gasteiger partial charge is 0.257 e. The highest BCUT2D eigenvalue weighted by molar-refractivity contribution is 5.96. The number of nitrogens with one attached hydrogen (secondary N) is 1. The Kier molecular flexibility index (Phi) is 3.19. The molecule has 2 atom stereocenters. The molecule has 1 aliphatic rings. The first-order valence-corrected chi connectivity index (χ1v) is 6.07. The molecule has 94 valence electrons. The SMILES string of the molecule is Cc1n[nH]c(C)c1C(=O)N1CCC(N)C(C)C1. The zero-order valence-corrected chi connectivity index (χ0v) is 10.7. The summed E-state index contributed by atoms with van der Waals surface area (Å²) in [4.78, 5) is 14.3. The van der Waals surface area contributed by atoms with E-state index in [4.69, 9.17) is 5.73 Å². The van der Waals surface area contributed by atoms with Gasteiger partial charge in [0.2, 0.25) is 0 Å². The lowest BCUT2D eigenvalue weighted by atomic mass is 9.94. The molecule has 2 rings (SSSR count). The molecule has 5 nitrogen and oxygen atoms in total. The predicted octanol–water partition coefficient (Wildman–Crippen LogP) is 0.836. The Balaban J connectivity index is 2.16. The van der Waals surface area contributed by atoms with Crippen LogP contribution in [0.5, 0.6) is 0 Å². The highest BCUT2D eigenvalue weighted by Crippen LogP contribution is 2.19. The number of aromatic nitrogens is 2. The van der Waals surface area contributed by atoms with E-state index in [1.165, 1.54) is 0 Å². The van der Waals surface area contributed by atoms with Crippen molar-refractivity contribution in [2.24, 2.45) is 11.7 Å². The Bertz CT molecular complexity index is 407. The Hall–Kier alpha value is -1.36. The average molecular weight is 236 g/mol. The van der Waals surface area contributed by atoms with Crippen molar-refractivity contribution in [3.05, 3.63) is 17.0 Å². The zero-order chi connectivity index (χ0) is 12.6. The average Bonchev–Trinajstić information content (AvgIpc) is 2.62. The number of hydrogen-bond acceptors (Lipinski definition) is 3. The van der Waals surface area contributed by atoms with E-state index in [1.54, 1.807) is 0 Å². The minimum atomic E-state index is 0.0764. The molecule has 1 aromatic heterocycles. The van der Waals surface area contributed by atoms with Crippen LogP contribution < -0.4 is 5.73 Å². The van der Waals surface area contributed by atoms with Crippen LogP contribution in [-0.2, 0) is 0 Å². The maximum absolute atomic E-state index is 12.4. The highest BCUT2D eigenvalue weighted by Gasteiger charge is 2.28. The molecule has 1 fully saturated rings. The second-order valence-corrected chi connectivity index (χ2v) is 4.99. The van der Waals surface area contributed by atoms with Crippen LogP contribution in [0.3, 0.4) is 0 Å². The number of nitrogens with two attached hydrogens (primary N) is 1. The van der Waals surface area contributed by atoms with Gasteiger partial charge in [-0.25, -0.2) is 0 Å². The molecule has 0 bridgehead atoms. The monoisotopic (exact) mass is 236 g/mol. The third kappa shape index (κ3) is 2.20. The molecule has 2 heterocycles. The van der Waals surface area contributed by atoms with Gasteiger partial charge < -0.3 is 10.6 Å². The molecule has 1 saturated heterocycles. The van der Waals surface area contributed by atoms with Gasteiger partial charge in [0.15, 0.2) is 0 Å². The number of piperidine rings is 1. The summed E-state index contributed by atoms with van der Waals surface area (Å²) in [6.45, 7) is 7.32. The van der Waals surface area contributed by atoms with Crippen LogP contribution in [0.2, 0.25) is 0 Å². The number of nitrogens with zero attached hydrogens (tertiary/aromatic N) is 2. The molecule has 0 spiro atoms. The van der Waals surface area contributed by atoms with Gasteiger partial charge in [-0.15, -0.1) is 0 Å². The van der Waals surface area contributed by atoms with Gasteiger partial charge >= 0.3 is 0 Å². The van der Waals surface area contributed by atoms with E-state index in [0.717, 1.165) is 30.9 Å². The standard InChI is InChI=1S/C12H20N4O/c1-7-6-16(5-4-10(7)13)12(17)11-8(2)14-15-9(11)3/h7,10H,4-6,13H2,1-3H3,(H,14,15). The van der Waals surface area contributed by atoms with Crippen molar-refractivity contribution in [3.8, 4) is 0 Å². The van der Waals surface area contributed by atoms with Gasteiger partial charge in [-0.1, -0.05) is 6.92 Å². The molecule has 1 aliphatic heterocycles. The van der Waals surface area contributed by atoms with Crippen molar-refractivity contribution in [1.29, 1.82) is 0 Å². The summed E-state index contributed by atoms with van der Waals surface area (Å²) in [5.74, 6) is 0.438. The molecule has 0 aromatic carbocycles. The Morgan fingerprint density at radius 1 is 1.53 bits per heavy atom. The number of H-pyrrole nitrogens is 1. The highest BCUT2D eigenvalue weighted by atomic mass is 16.2. The van der Waals surface area contributed by atoms with Crippen molar-refractivity contribution >= 4 is 5.91 Å². The normalized spacial score (nSPS) is 25.1. The summed E-state index contributed by atoms with van der Waals surface area (Å²) < 4.78 is 0. The molecule has 17 heavy (non-hydrogen) atoms. The van der Waals surface area contributed by atoms with Crippen molar-refractivity contribution in [3.63, 3.8) is 0 Å². The van der Waals surface area contributed by atoms with Gasteiger partial charge in [0.1, 0.15) is 0 Å². The van der Waals surface area contributed by atoms with E-state index >= 15 is 0 Å². The number of hydrogen-bond donors (Lipinski definition) is 2. The third-order valence-corrected chi connectivity index (χ3v) is 3.60. The molecule has 2 unspecified atom stereocenters. The van der Waals surface area contributed by atoms with E-state index in [0.29, 0.717) is 11.5 Å². The van der Waals surface area contributed by atoms with E-state index in [9.17, 15) is 4.79 Å². The Morgan fingerprint density at radius 2 is 2.24 bits per heavy atom. The van der Waals surface area contributed by atoms with Crippen molar-refractivity contribution in [2.45, 2.75) is 33.2 Å². The van der Waals surface area contributed by atoms with Crippen molar-refractivity contribution in [1.82, 2.24) is 15.1 Å². The quantitative estimate of drug-likeness (QED) is 0.758. The second-order valence-electron chi connectivity index (χ2n) is 4.99. The second kappa shape index (κ2) is 4.49. The van der Waals surface area contributed by atoms with Gasteiger partial charge in [-0.05, 0) is 26.2 Å². The molecule has 0 saturated carbocycles. The number of likely N-dealkylation sites (tertiary alicyclic amines) is 1. The minimum Gasteiger partial charge on any atom is -0.338 e. The van der Waals surface area contributed by atoms with E-state index in [-0.39, 0.29) is 11.9 Å². The molecule has 3 N–H and O–H groups in total. The fourth-order valence-electron chi connectivity index (χ4n) is 2.37. The Labute approximate surface area is 101 Å². The summed E-state index contributed by atoms with van der Waals surface area (Å²) in [5.41, 5.74) is 8.29. The van der Waals surface area contributed by atoms with Crippen LogP contribution in [0.25, 0.3) is 0 Å². The lowest BCUT2D eigenvalue weighted by molar-refractivity contribution is 0.0663. The number of carbonyl (C=O) groups excluding carboxylic acids is 1. The molecule has 0 radical (unpaired) electrons. The number of aromatic amines is 1. The first-order valence-electron chi connectivity index (χ1n) is 6.07. The maximum Gasteiger partial charge on any atom is 0.257 e. The van der Waals surface area contributed by atoms with Crippen molar-refractivity contribution in [2.75, 3.05) is 13.1 Å². The Morgan fingerprint density at radius 3 is 2.76 bits per heavy atom. The van der Waals surface area contributed by atoms with Crippen LogP contribution in [0.4, 0.5) is 0 Å². The predicted molar refractivity (Wildman–Crippen MR) is 65.7 cm³/mol. The van der Waals surface area contributed by atoms with Gasteiger partial charge in [0, 0.05) is 24.8 Å². The lowest BCUT2D eigenvalue weighted by Gasteiger charge is -2.35. The third-order valence-electron chi connectivity index (χ3n) is 3.60. The largest absolute Gasteiger partial charge is 0.338 e. The summed E-state index contributed by atoms with van der Waals surface area (Å²) in [6.07, 6.45) is 0.878. The summed E-state index contributed by atoms with van der Waals surface area (Å²) >= 11 is 0. The van der Waals surface area contributed by atoms with E-state index in [1.807, 2.05) is 18.7 Å². The molecule has 5 heteroatoms. The summed E-state index contributed by atoms with van der Waals surface area (Å²) in [6, 6.07) is 0.214. The number of amides is 1. The fraction of sp³-hybridized carbons (Fsp3) is 0.667. The summed E-state index contributed by atoms with van der Waals surface area (Å²) in [7, 11) is 0. The molecular formula is C12H20N4O. The lowest BCUT2D eigenvalue weighted by Crippen LogP contribution is -2.48. The maximum atomic E-state index is 12.4. The van der Waals surface area contributed by atoms with Crippen LogP contribution in [0.1, 0.15) is 35.1 Å². The van der Waals surface area contributed by atoms with Crippen LogP contribution in [-0.4, -0.2) is 40.1 Å². The van der Waals surface area contributed by atoms with Gasteiger partial charge in [0.25, 0.3) is 5.91 Å². The molecule has 1 amide bonds. The van der Waals surface area contributed by atoms with Gasteiger partial charge in [0.05, 0.1) is 11.3 Å². The van der Waals surface area contributed by atoms with Gasteiger partial charge in [-0.3, -0.25) is 9.89 Å². The molecular weight excluding hydrogens is 216 g/mol. The number of carbonyl (C=O) groups is 1. The van der Waals surface area contributed by atoms with E-state index < -0.39 is 0 Å². The van der Waals surface area contributed by atoms with Crippen LogP contribution in [0.15, 0.2) is 0 Å². The van der Waals surface area contributed by atoms with Gasteiger partial charge in [-0.2, -0.15) is 5.10 Å². The fourth-order valence-corrected chi connectivity index (χ4v) is 2.37. The number of aryl methyl sites for hydroxylation is 2.